The fourth-order valence-corrected chi connectivity index (χ4v) is 3.12. The molecule has 2 aromatic rings. The van der Waals surface area contributed by atoms with Crippen LogP contribution in [0, 0.1) is 0 Å². The van der Waals surface area contributed by atoms with Gasteiger partial charge in [0, 0.05) is 11.4 Å². The summed E-state index contributed by atoms with van der Waals surface area (Å²) < 4.78 is 5.78. The quantitative estimate of drug-likeness (QED) is 0.706. The minimum atomic E-state index is 0.552. The standard InChI is InChI=1S/C17H24N2OS/c1-3-5-11-18-12-16-15(4-2)19-17(21-16)13-20-14-9-7-6-8-10-14/h6-10,18H,3-5,11-13H2,1-2H3. The Morgan fingerprint density at radius 3 is 2.71 bits per heavy atom. The number of nitrogens with one attached hydrogen (secondary N) is 1. The van der Waals surface area contributed by atoms with E-state index in [0.717, 1.165) is 30.3 Å². The molecule has 1 aromatic carbocycles. The third-order valence-corrected chi connectivity index (χ3v) is 4.33. The second-order valence-corrected chi connectivity index (χ2v) is 6.13. The molecule has 2 rings (SSSR count). The number of unbranched alkanes of at least 4 members (excludes halogenated alkanes) is 1. The van der Waals surface area contributed by atoms with Crippen LogP contribution in [0.1, 0.15) is 42.3 Å². The van der Waals surface area contributed by atoms with Gasteiger partial charge in [-0.15, -0.1) is 11.3 Å². The van der Waals surface area contributed by atoms with Crippen LogP contribution in [-0.2, 0) is 19.6 Å². The molecule has 0 unspecified atom stereocenters. The number of hydrogen-bond acceptors (Lipinski definition) is 4. The molecule has 0 saturated heterocycles. The third-order valence-electron chi connectivity index (χ3n) is 3.26. The maximum atomic E-state index is 5.78. The molecule has 1 heterocycles. The van der Waals surface area contributed by atoms with E-state index in [-0.39, 0.29) is 0 Å². The smallest absolute Gasteiger partial charge is 0.140 e. The van der Waals surface area contributed by atoms with Crippen LogP contribution >= 0.6 is 11.3 Å². The van der Waals surface area contributed by atoms with Gasteiger partial charge in [0.15, 0.2) is 0 Å². The summed E-state index contributed by atoms with van der Waals surface area (Å²) in [4.78, 5) is 6.04. The number of nitrogens with zero attached hydrogens (tertiary/aromatic N) is 1. The van der Waals surface area contributed by atoms with Gasteiger partial charge in [0.1, 0.15) is 17.4 Å². The number of ether oxygens (including phenoxy) is 1. The lowest BCUT2D eigenvalue weighted by molar-refractivity contribution is 0.305. The first-order chi connectivity index (χ1) is 10.3. The highest BCUT2D eigenvalue weighted by atomic mass is 32.1. The molecule has 0 bridgehead atoms. The lowest BCUT2D eigenvalue weighted by Crippen LogP contribution is -2.14. The summed E-state index contributed by atoms with van der Waals surface area (Å²) in [5, 5.41) is 4.55. The van der Waals surface area contributed by atoms with Gasteiger partial charge in [-0.3, -0.25) is 0 Å². The fourth-order valence-electron chi connectivity index (χ4n) is 2.08. The van der Waals surface area contributed by atoms with Crippen molar-refractivity contribution in [3.05, 3.63) is 45.9 Å². The van der Waals surface area contributed by atoms with Crippen LogP contribution in [0.2, 0.25) is 0 Å². The van der Waals surface area contributed by atoms with Crippen molar-refractivity contribution in [1.29, 1.82) is 0 Å². The number of rotatable bonds is 9. The summed E-state index contributed by atoms with van der Waals surface area (Å²) in [5.74, 6) is 0.897. The van der Waals surface area contributed by atoms with Gasteiger partial charge < -0.3 is 10.1 Å². The van der Waals surface area contributed by atoms with Crippen LogP contribution in [0.3, 0.4) is 0 Å². The van der Waals surface area contributed by atoms with E-state index < -0.39 is 0 Å². The normalized spacial score (nSPS) is 10.8. The topological polar surface area (TPSA) is 34.1 Å². The van der Waals surface area contributed by atoms with Crippen LogP contribution < -0.4 is 10.1 Å². The maximum Gasteiger partial charge on any atom is 0.140 e. The molecule has 1 N–H and O–H groups in total. The number of para-hydroxylation sites is 1. The SMILES string of the molecule is CCCCNCc1sc(COc2ccccc2)nc1CC. The second kappa shape index (κ2) is 8.80. The fraction of sp³-hybridized carbons (Fsp3) is 0.471. The average Bonchev–Trinajstić information content (AvgIpc) is 2.93. The van der Waals surface area contributed by atoms with Crippen LogP contribution in [0.4, 0.5) is 0 Å². The number of hydrogen-bond donors (Lipinski definition) is 1. The lowest BCUT2D eigenvalue weighted by atomic mass is 10.3. The van der Waals surface area contributed by atoms with Crippen molar-refractivity contribution < 1.29 is 4.74 Å². The Morgan fingerprint density at radius 1 is 1.19 bits per heavy atom. The van der Waals surface area contributed by atoms with Crippen molar-refractivity contribution in [3.63, 3.8) is 0 Å². The Morgan fingerprint density at radius 2 is 2.00 bits per heavy atom. The highest BCUT2D eigenvalue weighted by Gasteiger charge is 2.10. The molecule has 0 radical (unpaired) electrons. The summed E-state index contributed by atoms with van der Waals surface area (Å²) in [5.41, 5.74) is 1.20. The molecule has 114 valence electrons. The molecule has 0 aliphatic heterocycles. The van der Waals surface area contributed by atoms with Gasteiger partial charge in [-0.05, 0) is 31.5 Å². The van der Waals surface area contributed by atoms with Crippen LogP contribution in [-0.4, -0.2) is 11.5 Å². The van der Waals surface area contributed by atoms with Crippen molar-refractivity contribution in [2.75, 3.05) is 6.54 Å². The van der Waals surface area contributed by atoms with Gasteiger partial charge in [0.2, 0.25) is 0 Å². The molecule has 0 spiro atoms. The van der Waals surface area contributed by atoms with Crippen molar-refractivity contribution in [2.45, 2.75) is 46.3 Å². The molecule has 4 heteroatoms. The van der Waals surface area contributed by atoms with E-state index in [9.17, 15) is 0 Å². The van der Waals surface area contributed by atoms with Crippen molar-refractivity contribution in [1.82, 2.24) is 10.3 Å². The van der Waals surface area contributed by atoms with E-state index in [1.807, 2.05) is 30.3 Å². The minimum absolute atomic E-state index is 0.552. The molecular formula is C17H24N2OS. The molecular weight excluding hydrogens is 280 g/mol. The predicted octanol–water partition coefficient (Wildman–Crippen LogP) is 4.17. The van der Waals surface area contributed by atoms with E-state index in [1.54, 1.807) is 11.3 Å². The number of thiazole rings is 1. The first-order valence-corrected chi connectivity index (χ1v) is 8.51. The Labute approximate surface area is 131 Å². The summed E-state index contributed by atoms with van der Waals surface area (Å²) in [6.45, 7) is 6.92. The first-order valence-electron chi connectivity index (χ1n) is 7.69. The van der Waals surface area contributed by atoms with Crippen molar-refractivity contribution in [2.24, 2.45) is 0 Å². The Kier molecular flexibility index (Phi) is 6.70. The molecule has 0 amide bonds. The molecule has 1 aromatic heterocycles. The Balaban J connectivity index is 1.90. The molecule has 21 heavy (non-hydrogen) atoms. The summed E-state index contributed by atoms with van der Waals surface area (Å²) in [6.07, 6.45) is 3.43. The number of aromatic nitrogens is 1. The van der Waals surface area contributed by atoms with E-state index in [0.29, 0.717) is 6.61 Å². The zero-order valence-electron chi connectivity index (χ0n) is 12.9. The zero-order chi connectivity index (χ0) is 14.9. The van der Waals surface area contributed by atoms with Gasteiger partial charge in [-0.2, -0.15) is 0 Å². The van der Waals surface area contributed by atoms with Crippen LogP contribution in [0.5, 0.6) is 5.75 Å². The molecule has 3 nitrogen and oxygen atoms in total. The molecule has 0 atom stereocenters. The van der Waals surface area contributed by atoms with E-state index >= 15 is 0 Å². The summed E-state index contributed by atoms with van der Waals surface area (Å²) in [7, 11) is 0. The van der Waals surface area contributed by atoms with Gasteiger partial charge in [-0.1, -0.05) is 38.5 Å². The van der Waals surface area contributed by atoms with Crippen LogP contribution in [0.25, 0.3) is 0 Å². The van der Waals surface area contributed by atoms with Gasteiger partial charge >= 0.3 is 0 Å². The number of benzene rings is 1. The third kappa shape index (κ3) is 5.14. The maximum absolute atomic E-state index is 5.78. The summed E-state index contributed by atoms with van der Waals surface area (Å²) >= 11 is 1.76. The molecule has 0 fully saturated rings. The van der Waals surface area contributed by atoms with Gasteiger partial charge in [0.25, 0.3) is 0 Å². The largest absolute Gasteiger partial charge is 0.486 e. The van der Waals surface area contributed by atoms with Gasteiger partial charge in [-0.25, -0.2) is 4.98 Å². The van der Waals surface area contributed by atoms with E-state index in [4.69, 9.17) is 9.72 Å². The van der Waals surface area contributed by atoms with Crippen LogP contribution in [0.15, 0.2) is 30.3 Å². The highest BCUT2D eigenvalue weighted by molar-refractivity contribution is 7.11. The monoisotopic (exact) mass is 304 g/mol. The Hall–Kier alpha value is -1.39. The van der Waals surface area contributed by atoms with Crippen molar-refractivity contribution in [3.8, 4) is 5.75 Å². The number of aryl methyl sites for hydroxylation is 1. The first kappa shape index (κ1) is 16.0. The predicted molar refractivity (Wildman–Crippen MR) is 88.9 cm³/mol. The van der Waals surface area contributed by atoms with Crippen molar-refractivity contribution >= 4 is 11.3 Å². The van der Waals surface area contributed by atoms with Gasteiger partial charge in [0.05, 0.1) is 5.69 Å². The molecule has 0 aliphatic rings. The highest BCUT2D eigenvalue weighted by Crippen LogP contribution is 2.21. The lowest BCUT2D eigenvalue weighted by Gasteiger charge is -2.03. The summed E-state index contributed by atoms with van der Waals surface area (Å²) in [6, 6.07) is 9.91. The molecule has 0 saturated carbocycles. The minimum Gasteiger partial charge on any atom is -0.486 e. The second-order valence-electron chi connectivity index (χ2n) is 4.96. The zero-order valence-corrected chi connectivity index (χ0v) is 13.7. The molecule has 0 aliphatic carbocycles. The Bertz CT molecular complexity index is 525. The van der Waals surface area contributed by atoms with E-state index in [1.165, 1.54) is 23.4 Å². The van der Waals surface area contributed by atoms with E-state index in [2.05, 4.69) is 19.2 Å². The average molecular weight is 304 g/mol.